The van der Waals surface area contributed by atoms with Crippen molar-refractivity contribution in [1.29, 1.82) is 0 Å². The number of carbonyl (C=O) groups is 1. The number of fused-ring (bicyclic) bond motifs is 1. The largest absolute Gasteiger partial charge is 0.452 e. The molecule has 0 bridgehead atoms. The van der Waals surface area contributed by atoms with Gasteiger partial charge in [-0.2, -0.15) is 8.42 Å². The Morgan fingerprint density at radius 1 is 1.08 bits per heavy atom. The molecule has 2 heterocycles. The average Bonchev–Trinajstić information content (AvgIpc) is 2.76. The molecule has 0 spiro atoms. The lowest BCUT2D eigenvalue weighted by Crippen LogP contribution is -2.39. The topological polar surface area (TPSA) is 88.1 Å². The molecular formula is C28H34O7S. The van der Waals surface area contributed by atoms with Crippen molar-refractivity contribution in [3.63, 3.8) is 0 Å². The fraction of sp³-hybridized carbons (Fsp3) is 0.464. The van der Waals surface area contributed by atoms with Gasteiger partial charge in [-0.3, -0.25) is 4.18 Å². The normalized spacial score (nSPS) is 21.0. The molecule has 2 aliphatic rings. The quantitative estimate of drug-likeness (QED) is 0.267. The molecular weight excluding hydrogens is 480 g/mol. The minimum atomic E-state index is -3.90. The summed E-state index contributed by atoms with van der Waals surface area (Å²) in [4.78, 5) is 12.8. The van der Waals surface area contributed by atoms with Gasteiger partial charge in [0.1, 0.15) is 17.4 Å². The van der Waals surface area contributed by atoms with Crippen molar-refractivity contribution in [3.8, 4) is 5.75 Å². The van der Waals surface area contributed by atoms with E-state index in [1.165, 1.54) is 0 Å². The number of benzene rings is 2. The number of cyclic esters (lactones) is 1. The van der Waals surface area contributed by atoms with Crippen molar-refractivity contribution < 1.29 is 31.6 Å². The standard InChI is InChI=1S/C28H34O7S/c1-18-15-19(2)26(20(3)16-18)36(30,31)32-17-23-13-8-12-22(33-23)11-6-9-21-10-7-14-24-25(21)27(29)35-28(4,5)34-24/h7-8,10,13-16,22-23H,6,9,11-12,17H2,1-5H3/t22-,23-/m0/s1. The van der Waals surface area contributed by atoms with Gasteiger partial charge >= 0.3 is 5.97 Å². The van der Waals surface area contributed by atoms with Gasteiger partial charge in [-0.15, -0.1) is 0 Å². The molecule has 0 aromatic heterocycles. The molecule has 4 rings (SSSR count). The Morgan fingerprint density at radius 3 is 2.53 bits per heavy atom. The van der Waals surface area contributed by atoms with Crippen LogP contribution in [0.1, 0.15) is 65.7 Å². The fourth-order valence-corrected chi connectivity index (χ4v) is 6.31. The van der Waals surface area contributed by atoms with E-state index in [1.807, 2.05) is 43.3 Å². The first-order valence-corrected chi connectivity index (χ1v) is 13.7. The highest BCUT2D eigenvalue weighted by molar-refractivity contribution is 7.86. The van der Waals surface area contributed by atoms with E-state index in [-0.39, 0.29) is 23.6 Å². The summed E-state index contributed by atoms with van der Waals surface area (Å²) in [5.74, 6) is -0.805. The number of rotatable bonds is 8. The first-order valence-electron chi connectivity index (χ1n) is 12.3. The van der Waals surface area contributed by atoms with Crippen molar-refractivity contribution >= 4 is 16.1 Å². The number of esters is 1. The van der Waals surface area contributed by atoms with Crippen LogP contribution in [0.2, 0.25) is 0 Å². The molecule has 8 heteroatoms. The minimum absolute atomic E-state index is 0.0594. The molecule has 0 radical (unpaired) electrons. The number of hydrogen-bond acceptors (Lipinski definition) is 7. The Bertz CT molecular complexity index is 1250. The van der Waals surface area contributed by atoms with Crippen molar-refractivity contribution in [2.45, 2.75) is 83.2 Å². The number of hydrogen-bond donors (Lipinski definition) is 0. The van der Waals surface area contributed by atoms with E-state index >= 15 is 0 Å². The molecule has 0 saturated heterocycles. The molecule has 2 aromatic carbocycles. The Kier molecular flexibility index (Phi) is 7.59. The molecule has 0 saturated carbocycles. The molecule has 0 aliphatic carbocycles. The Balaban J connectivity index is 1.32. The van der Waals surface area contributed by atoms with Crippen LogP contribution in [-0.4, -0.2) is 39.0 Å². The van der Waals surface area contributed by atoms with Crippen LogP contribution >= 0.6 is 0 Å². The van der Waals surface area contributed by atoms with Crippen molar-refractivity contribution in [2.75, 3.05) is 6.61 Å². The van der Waals surface area contributed by atoms with Crippen molar-refractivity contribution in [2.24, 2.45) is 0 Å². The van der Waals surface area contributed by atoms with E-state index in [1.54, 1.807) is 33.8 Å². The van der Waals surface area contributed by atoms with Gasteiger partial charge in [0, 0.05) is 13.8 Å². The molecule has 0 N–H and O–H groups in total. The van der Waals surface area contributed by atoms with Gasteiger partial charge in [0.2, 0.25) is 5.79 Å². The Morgan fingerprint density at radius 2 is 1.81 bits per heavy atom. The summed E-state index contributed by atoms with van der Waals surface area (Å²) in [6.45, 7) is 8.84. The summed E-state index contributed by atoms with van der Waals surface area (Å²) in [6.07, 6.45) is 6.32. The van der Waals surface area contributed by atoms with E-state index in [9.17, 15) is 13.2 Å². The van der Waals surface area contributed by atoms with E-state index in [0.717, 1.165) is 30.4 Å². The van der Waals surface area contributed by atoms with Gasteiger partial charge in [-0.05, 0) is 69.2 Å². The second kappa shape index (κ2) is 10.4. The molecule has 0 unspecified atom stereocenters. The van der Waals surface area contributed by atoms with Crippen LogP contribution in [0.4, 0.5) is 0 Å². The zero-order valence-corrected chi connectivity index (χ0v) is 22.3. The fourth-order valence-electron chi connectivity index (χ4n) is 4.97. The Hall–Kier alpha value is -2.68. The Labute approximate surface area is 213 Å². The van der Waals surface area contributed by atoms with Crippen LogP contribution in [0.25, 0.3) is 0 Å². The van der Waals surface area contributed by atoms with Gasteiger partial charge in [0.25, 0.3) is 10.1 Å². The maximum atomic E-state index is 12.9. The summed E-state index contributed by atoms with van der Waals surface area (Å²) in [5, 5.41) is 0. The lowest BCUT2D eigenvalue weighted by Gasteiger charge is -2.32. The summed E-state index contributed by atoms with van der Waals surface area (Å²) in [5.41, 5.74) is 3.72. The van der Waals surface area contributed by atoms with Crippen molar-refractivity contribution in [1.82, 2.24) is 0 Å². The van der Waals surface area contributed by atoms with E-state index < -0.39 is 22.0 Å². The zero-order valence-electron chi connectivity index (χ0n) is 21.5. The molecule has 2 atom stereocenters. The average molecular weight is 515 g/mol. The van der Waals surface area contributed by atoms with Gasteiger partial charge < -0.3 is 14.2 Å². The predicted octanol–water partition coefficient (Wildman–Crippen LogP) is 5.34. The third-order valence-corrected chi connectivity index (χ3v) is 7.93. The van der Waals surface area contributed by atoms with Gasteiger partial charge in [-0.1, -0.05) is 42.0 Å². The molecule has 0 amide bonds. The highest BCUT2D eigenvalue weighted by Crippen LogP contribution is 2.34. The predicted molar refractivity (Wildman–Crippen MR) is 136 cm³/mol. The molecule has 0 fully saturated rings. The zero-order chi connectivity index (χ0) is 26.1. The number of carbonyl (C=O) groups excluding carboxylic acids is 1. The monoisotopic (exact) mass is 514 g/mol. The van der Waals surface area contributed by atoms with E-state index in [4.69, 9.17) is 18.4 Å². The van der Waals surface area contributed by atoms with Gasteiger partial charge in [0.05, 0.1) is 17.6 Å². The number of aryl methyl sites for hydroxylation is 4. The van der Waals surface area contributed by atoms with Crippen LogP contribution < -0.4 is 4.74 Å². The van der Waals surface area contributed by atoms with E-state index in [0.29, 0.717) is 28.9 Å². The molecule has 194 valence electrons. The van der Waals surface area contributed by atoms with Crippen LogP contribution in [0.3, 0.4) is 0 Å². The SMILES string of the molecule is Cc1cc(C)c(S(=O)(=O)OC[C@@H]2C=CC[C@H](CCCc3cccc4c3C(=O)OC(C)(C)O4)O2)c(C)c1. The van der Waals surface area contributed by atoms with Gasteiger partial charge in [-0.25, -0.2) is 4.79 Å². The van der Waals surface area contributed by atoms with Crippen LogP contribution in [0, 0.1) is 20.8 Å². The second-order valence-electron chi connectivity index (χ2n) is 10.0. The molecule has 2 aliphatic heterocycles. The number of ether oxygens (including phenoxy) is 3. The molecule has 2 aromatic rings. The third kappa shape index (κ3) is 5.99. The highest BCUT2D eigenvalue weighted by Gasteiger charge is 2.35. The summed E-state index contributed by atoms with van der Waals surface area (Å²) < 4.78 is 48.5. The smallest absolute Gasteiger partial charge is 0.345 e. The molecule has 36 heavy (non-hydrogen) atoms. The maximum Gasteiger partial charge on any atom is 0.345 e. The minimum Gasteiger partial charge on any atom is -0.452 e. The lowest BCUT2D eigenvalue weighted by atomic mass is 9.98. The van der Waals surface area contributed by atoms with Crippen LogP contribution in [0.5, 0.6) is 5.75 Å². The second-order valence-corrected chi connectivity index (χ2v) is 11.6. The third-order valence-electron chi connectivity index (χ3n) is 6.34. The maximum absolute atomic E-state index is 12.9. The van der Waals surface area contributed by atoms with E-state index in [2.05, 4.69) is 0 Å². The highest BCUT2D eigenvalue weighted by atomic mass is 32.2. The first kappa shape index (κ1) is 26.4. The van der Waals surface area contributed by atoms with Crippen molar-refractivity contribution in [3.05, 3.63) is 70.3 Å². The molecule has 7 nitrogen and oxygen atoms in total. The summed E-state index contributed by atoms with van der Waals surface area (Å²) in [7, 11) is -3.90. The van der Waals surface area contributed by atoms with Crippen LogP contribution in [0.15, 0.2) is 47.4 Å². The first-order chi connectivity index (χ1) is 16.9. The summed E-state index contributed by atoms with van der Waals surface area (Å²) >= 11 is 0. The van der Waals surface area contributed by atoms with Crippen LogP contribution in [-0.2, 0) is 30.2 Å². The summed E-state index contributed by atoms with van der Waals surface area (Å²) in [6, 6.07) is 9.27. The lowest BCUT2D eigenvalue weighted by molar-refractivity contribution is -0.127. The van der Waals surface area contributed by atoms with Gasteiger partial charge in [0.15, 0.2) is 0 Å².